The molecule has 0 spiro atoms. The van der Waals surface area contributed by atoms with Crippen molar-refractivity contribution in [2.45, 2.75) is 52.9 Å². The Morgan fingerprint density at radius 1 is 0.909 bits per heavy atom. The van der Waals surface area contributed by atoms with E-state index < -0.39 is 35.8 Å². The SMILES string of the molecule is C=C(OC(C)=O)C(OC(C)=O)C(CC)(OC(C)=O)OC(C)=O. The summed E-state index contributed by atoms with van der Waals surface area (Å²) in [7, 11) is 0. The molecule has 0 rings (SSSR count). The predicted molar refractivity (Wildman–Crippen MR) is 73.0 cm³/mol. The van der Waals surface area contributed by atoms with E-state index in [2.05, 4.69) is 6.58 Å². The average Bonchev–Trinajstić information content (AvgIpc) is 2.32. The number of ether oxygens (including phenoxy) is 4. The fourth-order valence-corrected chi connectivity index (χ4v) is 1.75. The molecule has 0 aromatic heterocycles. The van der Waals surface area contributed by atoms with Crippen LogP contribution in [0.3, 0.4) is 0 Å². The fraction of sp³-hybridized carbons (Fsp3) is 0.571. The van der Waals surface area contributed by atoms with Crippen molar-refractivity contribution in [3.8, 4) is 0 Å². The Morgan fingerprint density at radius 3 is 1.64 bits per heavy atom. The number of carbonyl (C=O) groups excluding carboxylic acids is 4. The van der Waals surface area contributed by atoms with Crippen LogP contribution in [-0.2, 0) is 38.1 Å². The van der Waals surface area contributed by atoms with E-state index in [0.29, 0.717) is 0 Å². The second-order valence-electron chi connectivity index (χ2n) is 4.40. The van der Waals surface area contributed by atoms with Crippen molar-refractivity contribution in [1.82, 2.24) is 0 Å². The van der Waals surface area contributed by atoms with Crippen LogP contribution >= 0.6 is 0 Å². The van der Waals surface area contributed by atoms with Gasteiger partial charge in [0.25, 0.3) is 0 Å². The third-order valence-corrected chi connectivity index (χ3v) is 2.38. The van der Waals surface area contributed by atoms with Crippen LogP contribution in [0.5, 0.6) is 0 Å². The van der Waals surface area contributed by atoms with Crippen molar-refractivity contribution in [2.75, 3.05) is 0 Å². The summed E-state index contributed by atoms with van der Waals surface area (Å²) < 4.78 is 19.9. The summed E-state index contributed by atoms with van der Waals surface area (Å²) in [5.74, 6) is -5.36. The molecule has 8 nitrogen and oxygen atoms in total. The van der Waals surface area contributed by atoms with Crippen LogP contribution in [0.15, 0.2) is 12.3 Å². The first-order valence-corrected chi connectivity index (χ1v) is 6.47. The molecular formula is C14H20O8. The number of carbonyl (C=O) groups is 4. The summed E-state index contributed by atoms with van der Waals surface area (Å²) >= 11 is 0. The second-order valence-corrected chi connectivity index (χ2v) is 4.40. The van der Waals surface area contributed by atoms with Gasteiger partial charge in [-0.2, -0.15) is 0 Å². The minimum Gasteiger partial charge on any atom is -0.446 e. The van der Waals surface area contributed by atoms with E-state index in [0.717, 1.165) is 27.7 Å². The Kier molecular flexibility index (Phi) is 7.28. The van der Waals surface area contributed by atoms with Gasteiger partial charge < -0.3 is 18.9 Å². The molecule has 0 saturated heterocycles. The van der Waals surface area contributed by atoms with Crippen molar-refractivity contribution in [3.63, 3.8) is 0 Å². The molecule has 1 unspecified atom stereocenters. The van der Waals surface area contributed by atoms with Gasteiger partial charge in [-0.15, -0.1) is 0 Å². The lowest BCUT2D eigenvalue weighted by atomic mass is 10.0. The zero-order valence-electron chi connectivity index (χ0n) is 13.3. The molecule has 0 aromatic carbocycles. The summed E-state index contributed by atoms with van der Waals surface area (Å²) in [5.41, 5.74) is 0. The maximum atomic E-state index is 11.3. The van der Waals surface area contributed by atoms with E-state index in [-0.39, 0.29) is 12.2 Å². The first-order valence-electron chi connectivity index (χ1n) is 6.47. The second kappa shape index (κ2) is 8.16. The third-order valence-electron chi connectivity index (χ3n) is 2.38. The summed E-state index contributed by atoms with van der Waals surface area (Å²) in [6.45, 7) is 9.39. The molecule has 0 N–H and O–H groups in total. The van der Waals surface area contributed by atoms with Crippen molar-refractivity contribution in [1.29, 1.82) is 0 Å². The lowest BCUT2D eigenvalue weighted by Gasteiger charge is -2.37. The van der Waals surface area contributed by atoms with Crippen LogP contribution in [0.1, 0.15) is 41.0 Å². The van der Waals surface area contributed by atoms with Gasteiger partial charge in [0, 0.05) is 34.1 Å². The quantitative estimate of drug-likeness (QED) is 0.299. The van der Waals surface area contributed by atoms with Crippen LogP contribution in [0.4, 0.5) is 0 Å². The van der Waals surface area contributed by atoms with Gasteiger partial charge in [-0.3, -0.25) is 19.2 Å². The van der Waals surface area contributed by atoms with Gasteiger partial charge in [-0.05, 0) is 0 Å². The first-order chi connectivity index (χ1) is 10.0. The Labute approximate surface area is 128 Å². The standard InChI is InChI=1S/C14H20O8/c1-7-14(21-11(5)17,22-12(6)18)13(20-10(4)16)8(2)19-9(3)15/h13H,2,7H2,1,3-6H3. The molecule has 0 heterocycles. The molecule has 22 heavy (non-hydrogen) atoms. The van der Waals surface area contributed by atoms with Crippen LogP contribution in [-0.4, -0.2) is 35.8 Å². The molecule has 0 fully saturated rings. The van der Waals surface area contributed by atoms with E-state index >= 15 is 0 Å². The Balaban J connectivity index is 5.82. The molecule has 0 aliphatic heterocycles. The van der Waals surface area contributed by atoms with Gasteiger partial charge in [0.2, 0.25) is 6.10 Å². The number of esters is 4. The van der Waals surface area contributed by atoms with Crippen molar-refractivity contribution in [2.24, 2.45) is 0 Å². The van der Waals surface area contributed by atoms with Crippen LogP contribution < -0.4 is 0 Å². The predicted octanol–water partition coefficient (Wildman–Crippen LogP) is 1.23. The van der Waals surface area contributed by atoms with Crippen LogP contribution in [0, 0.1) is 0 Å². The molecule has 0 bridgehead atoms. The lowest BCUT2D eigenvalue weighted by molar-refractivity contribution is -0.262. The largest absolute Gasteiger partial charge is 0.446 e. The summed E-state index contributed by atoms with van der Waals surface area (Å²) in [5, 5.41) is 0. The minimum absolute atomic E-state index is 0.0651. The number of rotatable bonds is 7. The average molecular weight is 316 g/mol. The maximum absolute atomic E-state index is 11.3. The molecule has 1 atom stereocenters. The first kappa shape index (κ1) is 19.6. The molecule has 124 valence electrons. The van der Waals surface area contributed by atoms with Gasteiger partial charge in [-0.25, -0.2) is 0 Å². The molecule has 0 aliphatic carbocycles. The molecular weight excluding hydrogens is 296 g/mol. The molecule has 0 aromatic rings. The van der Waals surface area contributed by atoms with Crippen molar-refractivity contribution >= 4 is 23.9 Å². The van der Waals surface area contributed by atoms with Crippen LogP contribution in [0.25, 0.3) is 0 Å². The van der Waals surface area contributed by atoms with E-state index in [9.17, 15) is 19.2 Å². The third kappa shape index (κ3) is 5.94. The zero-order chi connectivity index (χ0) is 17.5. The van der Waals surface area contributed by atoms with Gasteiger partial charge >= 0.3 is 29.7 Å². The molecule has 0 aliphatic rings. The Bertz CT molecular complexity index is 463. The van der Waals surface area contributed by atoms with Crippen molar-refractivity contribution < 1.29 is 38.1 Å². The smallest absolute Gasteiger partial charge is 0.307 e. The summed E-state index contributed by atoms with van der Waals surface area (Å²) in [4.78, 5) is 45.0. The highest BCUT2D eigenvalue weighted by molar-refractivity contribution is 5.71. The highest BCUT2D eigenvalue weighted by atomic mass is 16.8. The van der Waals surface area contributed by atoms with E-state index in [4.69, 9.17) is 18.9 Å². The summed E-state index contributed by atoms with van der Waals surface area (Å²) in [6.07, 6.45) is -1.56. The van der Waals surface area contributed by atoms with Crippen molar-refractivity contribution in [3.05, 3.63) is 12.3 Å². The van der Waals surface area contributed by atoms with E-state index in [1.807, 2.05) is 0 Å². The van der Waals surface area contributed by atoms with Gasteiger partial charge in [0.15, 0.2) is 0 Å². The Morgan fingerprint density at radius 2 is 1.36 bits per heavy atom. The number of hydrogen-bond donors (Lipinski definition) is 0. The highest BCUT2D eigenvalue weighted by Gasteiger charge is 2.49. The molecule has 0 amide bonds. The molecule has 0 radical (unpaired) electrons. The lowest BCUT2D eigenvalue weighted by Crippen LogP contribution is -2.52. The van der Waals surface area contributed by atoms with E-state index in [1.54, 1.807) is 0 Å². The Hall–Kier alpha value is -2.38. The topological polar surface area (TPSA) is 105 Å². The summed E-state index contributed by atoms with van der Waals surface area (Å²) in [6, 6.07) is 0. The fourth-order valence-electron chi connectivity index (χ4n) is 1.75. The monoisotopic (exact) mass is 316 g/mol. The minimum atomic E-state index is -1.98. The van der Waals surface area contributed by atoms with Gasteiger partial charge in [0.05, 0.1) is 0 Å². The van der Waals surface area contributed by atoms with Gasteiger partial charge in [0.1, 0.15) is 5.76 Å². The molecule has 8 heteroatoms. The maximum Gasteiger partial charge on any atom is 0.307 e. The number of hydrogen-bond acceptors (Lipinski definition) is 8. The molecule has 0 saturated carbocycles. The zero-order valence-corrected chi connectivity index (χ0v) is 13.3. The normalized spacial score (nSPS) is 11.9. The van der Waals surface area contributed by atoms with E-state index in [1.165, 1.54) is 6.92 Å². The van der Waals surface area contributed by atoms with Crippen LogP contribution in [0.2, 0.25) is 0 Å². The van der Waals surface area contributed by atoms with Gasteiger partial charge in [-0.1, -0.05) is 13.5 Å². The highest BCUT2D eigenvalue weighted by Crippen LogP contribution is 2.30.